The van der Waals surface area contributed by atoms with Gasteiger partial charge < -0.3 is 14.9 Å². The molecule has 1 aliphatic rings. The Hall–Kier alpha value is -1.88. The maximum absolute atomic E-state index is 5.78. The van der Waals surface area contributed by atoms with E-state index in [0.29, 0.717) is 23.0 Å². The summed E-state index contributed by atoms with van der Waals surface area (Å²) >= 11 is 5.10. The summed E-state index contributed by atoms with van der Waals surface area (Å²) in [4.78, 5) is 4.92. The summed E-state index contributed by atoms with van der Waals surface area (Å²) in [7, 11) is 0. The number of nitrogens with zero attached hydrogens (tertiary/aromatic N) is 1. The molecule has 1 aliphatic carbocycles. The summed E-state index contributed by atoms with van der Waals surface area (Å²) in [6.45, 7) is 0.328. The van der Waals surface area contributed by atoms with Gasteiger partial charge in [0, 0.05) is 5.69 Å². The first-order valence-corrected chi connectivity index (χ1v) is 7.12. The molecule has 0 radical (unpaired) electrons. The number of pyridine rings is 1. The van der Waals surface area contributed by atoms with E-state index in [1.165, 1.54) is 18.4 Å². The number of hydrogen-bond donors (Lipinski definition) is 1. The number of nitrogens with two attached hydrogens (primary N) is 1. The second-order valence-corrected chi connectivity index (χ2v) is 5.33. The van der Waals surface area contributed by atoms with E-state index in [0.717, 1.165) is 24.3 Å². The van der Waals surface area contributed by atoms with Crippen molar-refractivity contribution in [3.05, 3.63) is 47.0 Å². The van der Waals surface area contributed by atoms with E-state index in [4.69, 9.17) is 27.1 Å². The van der Waals surface area contributed by atoms with Crippen molar-refractivity contribution >= 4 is 17.2 Å². The fourth-order valence-corrected chi connectivity index (χ4v) is 2.58. The molecule has 0 aliphatic heterocycles. The molecule has 4 nitrogen and oxygen atoms in total. The van der Waals surface area contributed by atoms with Crippen molar-refractivity contribution in [3.63, 3.8) is 0 Å². The molecule has 0 unspecified atom stereocenters. The number of thiocarbonyl (C=S) groups is 1. The zero-order valence-electron chi connectivity index (χ0n) is 11.1. The van der Waals surface area contributed by atoms with Crippen LogP contribution in [0.15, 0.2) is 28.9 Å². The van der Waals surface area contributed by atoms with Crippen LogP contribution < -0.4 is 10.5 Å². The van der Waals surface area contributed by atoms with Crippen LogP contribution in [0, 0.1) is 0 Å². The number of ether oxygens (including phenoxy) is 1. The molecule has 0 atom stereocenters. The predicted molar refractivity (Wildman–Crippen MR) is 79.8 cm³/mol. The molecule has 0 spiro atoms. The summed E-state index contributed by atoms with van der Waals surface area (Å²) < 4.78 is 11.0. The molecule has 2 N–H and O–H groups in total. The van der Waals surface area contributed by atoms with Crippen LogP contribution in [0.5, 0.6) is 5.88 Å². The lowest BCUT2D eigenvalue weighted by Crippen LogP contribution is -2.16. The molecule has 2 aromatic heterocycles. The molecule has 0 bridgehead atoms. The molecule has 2 aromatic rings. The molecule has 0 fully saturated rings. The molecule has 104 valence electrons. The highest BCUT2D eigenvalue weighted by Crippen LogP contribution is 2.26. The lowest BCUT2D eigenvalue weighted by Gasteiger charge is -2.18. The van der Waals surface area contributed by atoms with E-state index in [1.807, 2.05) is 18.2 Å². The predicted octanol–water partition coefficient (Wildman–Crippen LogP) is 2.77. The van der Waals surface area contributed by atoms with Crippen LogP contribution in [-0.2, 0) is 19.4 Å². The monoisotopic (exact) mass is 288 g/mol. The Morgan fingerprint density at radius 1 is 1.40 bits per heavy atom. The third kappa shape index (κ3) is 2.67. The second-order valence-electron chi connectivity index (χ2n) is 4.89. The van der Waals surface area contributed by atoms with Gasteiger partial charge in [0.2, 0.25) is 5.88 Å². The van der Waals surface area contributed by atoms with Crippen LogP contribution >= 0.6 is 12.2 Å². The van der Waals surface area contributed by atoms with Crippen molar-refractivity contribution < 1.29 is 9.15 Å². The number of aromatic nitrogens is 1. The van der Waals surface area contributed by atoms with Crippen LogP contribution in [0.1, 0.15) is 35.4 Å². The number of hydrogen-bond acceptors (Lipinski definition) is 4. The molecular weight excluding hydrogens is 272 g/mol. The van der Waals surface area contributed by atoms with Crippen molar-refractivity contribution in [2.75, 3.05) is 0 Å². The van der Waals surface area contributed by atoms with Gasteiger partial charge >= 0.3 is 0 Å². The lowest BCUT2D eigenvalue weighted by molar-refractivity contribution is 0.259. The average Bonchev–Trinajstić information content (AvgIpc) is 2.97. The molecule has 3 rings (SSSR count). The molecule has 20 heavy (non-hydrogen) atoms. The SMILES string of the molecule is NC(=S)c1cc2c(nc1OCc1ccco1)CCCC2. The van der Waals surface area contributed by atoms with Gasteiger partial charge in [-0.25, -0.2) is 4.98 Å². The van der Waals surface area contributed by atoms with E-state index in [-0.39, 0.29) is 0 Å². The number of fused-ring (bicyclic) bond motifs is 1. The number of furan rings is 1. The minimum Gasteiger partial charge on any atom is -0.469 e. The van der Waals surface area contributed by atoms with Gasteiger partial charge in [-0.2, -0.15) is 0 Å². The van der Waals surface area contributed by atoms with Gasteiger partial charge in [-0.05, 0) is 49.4 Å². The topological polar surface area (TPSA) is 61.3 Å². The normalized spacial score (nSPS) is 13.8. The fourth-order valence-electron chi connectivity index (χ4n) is 2.44. The van der Waals surface area contributed by atoms with Gasteiger partial charge in [-0.3, -0.25) is 0 Å². The van der Waals surface area contributed by atoms with Gasteiger partial charge in [0.15, 0.2) is 0 Å². The Morgan fingerprint density at radius 2 is 2.25 bits per heavy atom. The summed E-state index contributed by atoms with van der Waals surface area (Å²) in [5.41, 5.74) is 8.84. The smallest absolute Gasteiger partial charge is 0.224 e. The van der Waals surface area contributed by atoms with E-state index < -0.39 is 0 Å². The molecule has 0 amide bonds. The number of rotatable bonds is 4. The van der Waals surface area contributed by atoms with Crippen LogP contribution in [-0.4, -0.2) is 9.97 Å². The molecule has 5 heteroatoms. The first-order chi connectivity index (χ1) is 9.74. The van der Waals surface area contributed by atoms with Crippen molar-refractivity contribution in [1.82, 2.24) is 4.98 Å². The van der Waals surface area contributed by atoms with Crippen molar-refractivity contribution in [2.45, 2.75) is 32.3 Å². The Kier molecular flexibility index (Phi) is 3.69. The van der Waals surface area contributed by atoms with Crippen LogP contribution in [0.2, 0.25) is 0 Å². The van der Waals surface area contributed by atoms with E-state index in [2.05, 4.69) is 4.98 Å². The zero-order chi connectivity index (χ0) is 13.9. The minimum atomic E-state index is 0.320. The van der Waals surface area contributed by atoms with Crippen molar-refractivity contribution in [3.8, 4) is 5.88 Å². The fraction of sp³-hybridized carbons (Fsp3) is 0.333. The Bertz CT molecular complexity index is 623. The highest BCUT2D eigenvalue weighted by atomic mass is 32.1. The standard InChI is InChI=1S/C15H16N2O2S/c16-14(20)12-8-10-4-1-2-6-13(10)17-15(12)19-9-11-5-3-7-18-11/h3,5,7-8H,1-2,4,6,9H2,(H2,16,20). The Labute approximate surface area is 122 Å². The largest absolute Gasteiger partial charge is 0.469 e. The van der Waals surface area contributed by atoms with Gasteiger partial charge in [0.05, 0.1) is 11.8 Å². The molecule has 0 saturated carbocycles. The summed E-state index contributed by atoms with van der Waals surface area (Å²) in [6.07, 6.45) is 6.01. The Balaban J connectivity index is 1.89. The Morgan fingerprint density at radius 3 is 3.00 bits per heavy atom. The van der Waals surface area contributed by atoms with E-state index in [9.17, 15) is 0 Å². The van der Waals surface area contributed by atoms with Crippen LogP contribution in [0.25, 0.3) is 0 Å². The van der Waals surface area contributed by atoms with Gasteiger partial charge in [0.1, 0.15) is 17.4 Å². The van der Waals surface area contributed by atoms with Crippen molar-refractivity contribution in [2.24, 2.45) is 5.73 Å². The number of aryl methyl sites for hydroxylation is 2. The summed E-state index contributed by atoms with van der Waals surface area (Å²) in [5, 5.41) is 0. The van der Waals surface area contributed by atoms with Crippen LogP contribution in [0.4, 0.5) is 0 Å². The third-order valence-electron chi connectivity index (χ3n) is 3.46. The quantitative estimate of drug-likeness (QED) is 0.877. The highest BCUT2D eigenvalue weighted by Gasteiger charge is 2.17. The summed E-state index contributed by atoms with van der Waals surface area (Å²) in [6, 6.07) is 5.72. The minimum absolute atomic E-state index is 0.320. The maximum Gasteiger partial charge on any atom is 0.224 e. The lowest BCUT2D eigenvalue weighted by atomic mass is 9.95. The van der Waals surface area contributed by atoms with Gasteiger partial charge in [-0.15, -0.1) is 0 Å². The zero-order valence-corrected chi connectivity index (χ0v) is 11.9. The van der Waals surface area contributed by atoms with Crippen LogP contribution in [0.3, 0.4) is 0 Å². The van der Waals surface area contributed by atoms with E-state index in [1.54, 1.807) is 6.26 Å². The van der Waals surface area contributed by atoms with Gasteiger partial charge in [0.25, 0.3) is 0 Å². The van der Waals surface area contributed by atoms with Gasteiger partial charge in [-0.1, -0.05) is 12.2 Å². The second kappa shape index (κ2) is 5.63. The molecule has 2 heterocycles. The molecule has 0 saturated heterocycles. The maximum atomic E-state index is 5.78. The first kappa shape index (κ1) is 13.1. The average molecular weight is 288 g/mol. The third-order valence-corrected chi connectivity index (χ3v) is 3.68. The molecular formula is C15H16N2O2S. The van der Waals surface area contributed by atoms with E-state index >= 15 is 0 Å². The highest BCUT2D eigenvalue weighted by molar-refractivity contribution is 7.80. The first-order valence-electron chi connectivity index (χ1n) is 6.72. The van der Waals surface area contributed by atoms with Crippen molar-refractivity contribution in [1.29, 1.82) is 0 Å². The molecule has 0 aromatic carbocycles. The summed E-state index contributed by atoms with van der Waals surface area (Å²) in [5.74, 6) is 1.26.